The number of nitrogens with zero attached hydrogens (tertiary/aromatic N) is 1. The molecule has 0 bridgehead atoms. The first kappa shape index (κ1) is 12.4. The Morgan fingerprint density at radius 1 is 1.35 bits per heavy atom. The molecule has 17 heavy (non-hydrogen) atoms. The summed E-state index contributed by atoms with van der Waals surface area (Å²) in [5.74, 6) is 0. The molecule has 1 saturated heterocycles. The highest BCUT2D eigenvalue weighted by Gasteiger charge is 2.18. The fraction of sp³-hybridized carbons (Fsp3) is 0.600. The topological polar surface area (TPSA) is 15.3 Å². The molecule has 0 aromatic heterocycles. The van der Waals surface area contributed by atoms with E-state index in [1.165, 1.54) is 37.1 Å². The van der Waals surface area contributed by atoms with Gasteiger partial charge >= 0.3 is 0 Å². The number of aryl methyl sites for hydroxylation is 1. The van der Waals surface area contributed by atoms with Gasteiger partial charge in [-0.05, 0) is 50.9 Å². The lowest BCUT2D eigenvalue weighted by molar-refractivity contribution is 0.549. The maximum absolute atomic E-state index is 3.55. The van der Waals surface area contributed by atoms with E-state index in [9.17, 15) is 0 Å². The van der Waals surface area contributed by atoms with Gasteiger partial charge in [-0.15, -0.1) is 0 Å². The van der Waals surface area contributed by atoms with E-state index in [1.54, 1.807) is 0 Å². The lowest BCUT2D eigenvalue weighted by Gasteiger charge is -2.32. The van der Waals surface area contributed by atoms with Crippen molar-refractivity contribution in [2.45, 2.75) is 39.2 Å². The van der Waals surface area contributed by atoms with Crippen LogP contribution >= 0.6 is 0 Å². The standard InChI is InChI=1S/C15H24N2/c1-3-17(14-9-6-7-13(2)11-14)15-8-4-5-10-16-12-15/h6-7,9,11,15-16H,3-5,8,10,12H2,1-2H3. The molecule has 1 fully saturated rings. The molecule has 1 heterocycles. The second-order valence-corrected chi connectivity index (χ2v) is 4.98. The summed E-state index contributed by atoms with van der Waals surface area (Å²) in [5, 5.41) is 3.55. The summed E-state index contributed by atoms with van der Waals surface area (Å²) in [5.41, 5.74) is 2.73. The Labute approximate surface area is 105 Å². The fourth-order valence-electron chi connectivity index (χ4n) is 2.72. The minimum absolute atomic E-state index is 0.657. The molecule has 1 N–H and O–H groups in total. The van der Waals surface area contributed by atoms with Crippen LogP contribution in [0.25, 0.3) is 0 Å². The molecule has 2 rings (SSSR count). The van der Waals surface area contributed by atoms with Crippen LogP contribution in [-0.4, -0.2) is 25.7 Å². The number of benzene rings is 1. The van der Waals surface area contributed by atoms with E-state index < -0.39 is 0 Å². The number of anilines is 1. The molecule has 1 unspecified atom stereocenters. The van der Waals surface area contributed by atoms with Gasteiger partial charge in [-0.1, -0.05) is 18.6 Å². The molecule has 0 radical (unpaired) electrons. The predicted molar refractivity (Wildman–Crippen MR) is 74.7 cm³/mol. The average molecular weight is 232 g/mol. The molecule has 0 amide bonds. The quantitative estimate of drug-likeness (QED) is 0.862. The fourth-order valence-corrected chi connectivity index (χ4v) is 2.72. The number of rotatable bonds is 3. The van der Waals surface area contributed by atoms with Gasteiger partial charge in [0.15, 0.2) is 0 Å². The highest BCUT2D eigenvalue weighted by atomic mass is 15.2. The van der Waals surface area contributed by atoms with Gasteiger partial charge in [0, 0.05) is 24.8 Å². The summed E-state index contributed by atoms with van der Waals surface area (Å²) in [6.07, 6.45) is 3.98. The van der Waals surface area contributed by atoms with E-state index >= 15 is 0 Å². The molecule has 1 aromatic carbocycles. The van der Waals surface area contributed by atoms with Crippen molar-refractivity contribution in [3.63, 3.8) is 0 Å². The average Bonchev–Trinajstić information content (AvgIpc) is 2.59. The van der Waals surface area contributed by atoms with Crippen LogP contribution < -0.4 is 10.2 Å². The molecule has 1 aliphatic heterocycles. The van der Waals surface area contributed by atoms with Crippen molar-refractivity contribution < 1.29 is 0 Å². The van der Waals surface area contributed by atoms with Crippen molar-refractivity contribution >= 4 is 5.69 Å². The third-order valence-corrected chi connectivity index (χ3v) is 3.64. The van der Waals surface area contributed by atoms with Crippen molar-refractivity contribution in [3.05, 3.63) is 29.8 Å². The summed E-state index contributed by atoms with van der Waals surface area (Å²) in [7, 11) is 0. The predicted octanol–water partition coefficient (Wildman–Crippen LogP) is 2.96. The second kappa shape index (κ2) is 6.06. The molecule has 1 aromatic rings. The third-order valence-electron chi connectivity index (χ3n) is 3.64. The van der Waals surface area contributed by atoms with E-state index in [-0.39, 0.29) is 0 Å². The van der Waals surface area contributed by atoms with Crippen molar-refractivity contribution in [1.29, 1.82) is 0 Å². The van der Waals surface area contributed by atoms with Gasteiger partial charge in [-0.25, -0.2) is 0 Å². The lowest BCUT2D eigenvalue weighted by Crippen LogP contribution is -2.41. The summed E-state index contributed by atoms with van der Waals surface area (Å²) in [6, 6.07) is 9.53. The summed E-state index contributed by atoms with van der Waals surface area (Å²) < 4.78 is 0. The molecular formula is C15H24N2. The smallest absolute Gasteiger partial charge is 0.0414 e. The first-order chi connectivity index (χ1) is 8.31. The van der Waals surface area contributed by atoms with Crippen molar-refractivity contribution in [2.75, 3.05) is 24.5 Å². The summed E-state index contributed by atoms with van der Waals surface area (Å²) in [6.45, 7) is 7.83. The van der Waals surface area contributed by atoms with Gasteiger partial charge in [0.05, 0.1) is 0 Å². The Hall–Kier alpha value is -1.02. The molecule has 2 nitrogen and oxygen atoms in total. The van der Waals surface area contributed by atoms with Crippen LogP contribution in [0.15, 0.2) is 24.3 Å². The Kier molecular flexibility index (Phi) is 4.43. The zero-order chi connectivity index (χ0) is 12.1. The van der Waals surface area contributed by atoms with Crippen LogP contribution in [0, 0.1) is 6.92 Å². The van der Waals surface area contributed by atoms with Crippen LogP contribution in [0.3, 0.4) is 0 Å². The first-order valence-corrected chi connectivity index (χ1v) is 6.85. The van der Waals surface area contributed by atoms with Gasteiger partial charge in [0.1, 0.15) is 0 Å². The number of likely N-dealkylation sites (N-methyl/N-ethyl adjacent to an activating group) is 1. The molecule has 1 aliphatic rings. The van der Waals surface area contributed by atoms with Crippen molar-refractivity contribution in [2.24, 2.45) is 0 Å². The Morgan fingerprint density at radius 3 is 3.00 bits per heavy atom. The van der Waals surface area contributed by atoms with Crippen molar-refractivity contribution in [3.8, 4) is 0 Å². The summed E-state index contributed by atoms with van der Waals surface area (Å²) in [4.78, 5) is 2.55. The minimum atomic E-state index is 0.657. The minimum Gasteiger partial charge on any atom is -0.368 e. The second-order valence-electron chi connectivity index (χ2n) is 4.98. The maximum Gasteiger partial charge on any atom is 0.0414 e. The van der Waals surface area contributed by atoms with Crippen LogP contribution in [0.1, 0.15) is 31.7 Å². The number of hydrogen-bond acceptors (Lipinski definition) is 2. The zero-order valence-corrected chi connectivity index (χ0v) is 11.1. The molecule has 2 heteroatoms. The Bertz CT molecular complexity index is 341. The van der Waals surface area contributed by atoms with E-state index in [2.05, 4.69) is 48.3 Å². The van der Waals surface area contributed by atoms with E-state index in [0.717, 1.165) is 13.1 Å². The molecule has 94 valence electrons. The van der Waals surface area contributed by atoms with Gasteiger partial charge in [0.25, 0.3) is 0 Å². The molecule has 0 aliphatic carbocycles. The molecular weight excluding hydrogens is 208 g/mol. The van der Waals surface area contributed by atoms with Crippen molar-refractivity contribution in [1.82, 2.24) is 5.32 Å². The summed E-state index contributed by atoms with van der Waals surface area (Å²) >= 11 is 0. The van der Waals surface area contributed by atoms with Gasteiger partial charge in [-0.3, -0.25) is 0 Å². The van der Waals surface area contributed by atoms with Crippen LogP contribution in [0.4, 0.5) is 5.69 Å². The van der Waals surface area contributed by atoms with E-state index in [1.807, 2.05) is 0 Å². The molecule has 0 spiro atoms. The maximum atomic E-state index is 3.55. The Balaban J connectivity index is 2.14. The van der Waals surface area contributed by atoms with Crippen LogP contribution in [-0.2, 0) is 0 Å². The van der Waals surface area contributed by atoms with Crippen LogP contribution in [0.2, 0.25) is 0 Å². The highest BCUT2D eigenvalue weighted by Crippen LogP contribution is 2.21. The normalized spacial score (nSPS) is 20.9. The number of hydrogen-bond donors (Lipinski definition) is 1. The van der Waals surface area contributed by atoms with Gasteiger partial charge in [-0.2, -0.15) is 0 Å². The van der Waals surface area contributed by atoms with Gasteiger partial charge < -0.3 is 10.2 Å². The Morgan fingerprint density at radius 2 is 2.24 bits per heavy atom. The monoisotopic (exact) mass is 232 g/mol. The highest BCUT2D eigenvalue weighted by molar-refractivity contribution is 5.49. The number of nitrogens with one attached hydrogen (secondary N) is 1. The first-order valence-electron chi connectivity index (χ1n) is 6.85. The largest absolute Gasteiger partial charge is 0.368 e. The lowest BCUT2D eigenvalue weighted by atomic mass is 10.1. The molecule has 0 saturated carbocycles. The van der Waals surface area contributed by atoms with E-state index in [0.29, 0.717) is 6.04 Å². The molecule has 1 atom stereocenters. The zero-order valence-electron chi connectivity index (χ0n) is 11.1. The van der Waals surface area contributed by atoms with Gasteiger partial charge in [0.2, 0.25) is 0 Å². The van der Waals surface area contributed by atoms with E-state index in [4.69, 9.17) is 0 Å². The third kappa shape index (κ3) is 3.22. The SMILES string of the molecule is CCN(c1cccc(C)c1)C1CCCCNC1. The van der Waals surface area contributed by atoms with Crippen LogP contribution in [0.5, 0.6) is 0 Å².